The number of oxazole rings is 1. The molecule has 2 aromatic heterocycles. The maximum atomic E-state index is 5.91. The van der Waals surface area contributed by atoms with Gasteiger partial charge in [0.05, 0.1) is 5.02 Å². The number of hydrogen-bond acceptors (Lipinski definition) is 5. The molecule has 2 fully saturated rings. The molecule has 0 N–H and O–H groups in total. The van der Waals surface area contributed by atoms with E-state index in [1.807, 2.05) is 0 Å². The molecular formula is C12H13ClN4O. The number of rotatable bonds is 1. The Morgan fingerprint density at radius 3 is 3.22 bits per heavy atom. The number of hydrogen-bond donors (Lipinski definition) is 0. The molecule has 0 amide bonds. The predicted octanol–water partition coefficient (Wildman–Crippen LogP) is 1.77. The Morgan fingerprint density at radius 1 is 1.33 bits per heavy atom. The van der Waals surface area contributed by atoms with Crippen molar-refractivity contribution in [1.29, 1.82) is 0 Å². The molecule has 0 aliphatic carbocycles. The Labute approximate surface area is 109 Å². The van der Waals surface area contributed by atoms with Gasteiger partial charge in [-0.1, -0.05) is 11.6 Å². The zero-order valence-corrected chi connectivity index (χ0v) is 10.6. The first-order valence-electron chi connectivity index (χ1n) is 6.21. The van der Waals surface area contributed by atoms with Gasteiger partial charge in [-0.3, -0.25) is 4.90 Å². The minimum absolute atomic E-state index is 0.530. The SMILES string of the molecule is Clc1cnc2nc(N3CCN4CC[C@@H]3C4)oc2c1. The summed E-state index contributed by atoms with van der Waals surface area (Å²) in [6, 6.07) is 2.99. The predicted molar refractivity (Wildman–Crippen MR) is 69.0 cm³/mol. The fourth-order valence-electron chi connectivity index (χ4n) is 2.86. The van der Waals surface area contributed by atoms with Crippen molar-refractivity contribution >= 4 is 28.8 Å². The smallest absolute Gasteiger partial charge is 0.300 e. The van der Waals surface area contributed by atoms with Crippen LogP contribution in [0.2, 0.25) is 5.02 Å². The number of pyridine rings is 1. The number of anilines is 1. The van der Waals surface area contributed by atoms with Crippen LogP contribution in [0.25, 0.3) is 11.2 Å². The van der Waals surface area contributed by atoms with Crippen molar-refractivity contribution in [3.05, 3.63) is 17.3 Å². The summed E-state index contributed by atoms with van der Waals surface area (Å²) in [5, 5.41) is 0.580. The first-order valence-corrected chi connectivity index (χ1v) is 6.58. The van der Waals surface area contributed by atoms with Crippen LogP contribution in [0.3, 0.4) is 0 Å². The largest absolute Gasteiger partial charge is 0.422 e. The minimum atomic E-state index is 0.530. The molecule has 0 aromatic carbocycles. The molecule has 0 radical (unpaired) electrons. The van der Waals surface area contributed by atoms with Gasteiger partial charge in [0.15, 0.2) is 5.58 Å². The molecule has 5 nitrogen and oxygen atoms in total. The van der Waals surface area contributed by atoms with E-state index < -0.39 is 0 Å². The monoisotopic (exact) mass is 264 g/mol. The second kappa shape index (κ2) is 3.83. The van der Waals surface area contributed by atoms with Gasteiger partial charge >= 0.3 is 0 Å². The Morgan fingerprint density at radius 2 is 2.28 bits per heavy atom. The molecule has 2 aliphatic rings. The molecule has 4 heterocycles. The normalized spacial score (nSPS) is 27.1. The van der Waals surface area contributed by atoms with Crippen LogP contribution in [0.4, 0.5) is 6.01 Å². The van der Waals surface area contributed by atoms with E-state index in [1.54, 1.807) is 12.3 Å². The molecule has 2 aromatic rings. The highest BCUT2D eigenvalue weighted by Gasteiger charge is 2.34. The molecule has 6 heteroatoms. The van der Waals surface area contributed by atoms with Crippen LogP contribution in [0, 0.1) is 0 Å². The van der Waals surface area contributed by atoms with Crippen molar-refractivity contribution in [2.24, 2.45) is 0 Å². The summed E-state index contributed by atoms with van der Waals surface area (Å²) in [5.41, 5.74) is 1.30. The summed E-state index contributed by atoms with van der Waals surface area (Å²) < 4.78 is 5.79. The molecular weight excluding hydrogens is 252 g/mol. The van der Waals surface area contributed by atoms with Crippen molar-refractivity contribution in [3.8, 4) is 0 Å². The van der Waals surface area contributed by atoms with Crippen LogP contribution < -0.4 is 4.90 Å². The second-order valence-corrected chi connectivity index (χ2v) is 5.34. The van der Waals surface area contributed by atoms with Crippen LogP contribution >= 0.6 is 11.6 Å². The van der Waals surface area contributed by atoms with Crippen LogP contribution in [0.15, 0.2) is 16.7 Å². The van der Waals surface area contributed by atoms with Crippen molar-refractivity contribution in [2.45, 2.75) is 12.5 Å². The highest BCUT2D eigenvalue weighted by Crippen LogP contribution is 2.29. The van der Waals surface area contributed by atoms with Gasteiger partial charge in [-0.15, -0.1) is 0 Å². The number of aromatic nitrogens is 2. The number of piperazine rings is 1. The molecule has 18 heavy (non-hydrogen) atoms. The van der Waals surface area contributed by atoms with E-state index in [9.17, 15) is 0 Å². The lowest BCUT2D eigenvalue weighted by atomic mass is 10.2. The summed E-state index contributed by atoms with van der Waals surface area (Å²) in [7, 11) is 0. The van der Waals surface area contributed by atoms with Crippen molar-refractivity contribution < 1.29 is 4.42 Å². The quantitative estimate of drug-likeness (QED) is 0.786. The van der Waals surface area contributed by atoms with Crippen LogP contribution in [0.5, 0.6) is 0 Å². The molecule has 0 spiro atoms. The van der Waals surface area contributed by atoms with Crippen molar-refractivity contribution in [1.82, 2.24) is 14.9 Å². The van der Waals surface area contributed by atoms with Gasteiger partial charge in [0.25, 0.3) is 6.01 Å². The van der Waals surface area contributed by atoms with Gasteiger partial charge < -0.3 is 9.32 Å². The van der Waals surface area contributed by atoms with Gasteiger partial charge in [0.1, 0.15) is 0 Å². The van der Waals surface area contributed by atoms with E-state index in [4.69, 9.17) is 16.0 Å². The fourth-order valence-corrected chi connectivity index (χ4v) is 3.01. The second-order valence-electron chi connectivity index (χ2n) is 4.91. The Bertz CT molecular complexity index is 599. The van der Waals surface area contributed by atoms with Crippen molar-refractivity contribution in [3.63, 3.8) is 0 Å². The van der Waals surface area contributed by atoms with E-state index in [-0.39, 0.29) is 0 Å². The summed E-state index contributed by atoms with van der Waals surface area (Å²) in [4.78, 5) is 13.4. The summed E-state index contributed by atoms with van der Waals surface area (Å²) >= 11 is 5.91. The average molecular weight is 265 g/mol. The molecule has 2 bridgehead atoms. The third kappa shape index (κ3) is 1.58. The van der Waals surface area contributed by atoms with Crippen LogP contribution in [0.1, 0.15) is 6.42 Å². The summed E-state index contributed by atoms with van der Waals surface area (Å²) in [5.74, 6) is 0. The van der Waals surface area contributed by atoms with Gasteiger partial charge in [-0.2, -0.15) is 4.98 Å². The average Bonchev–Trinajstić information content (AvgIpc) is 2.94. The number of fused-ring (bicyclic) bond motifs is 3. The van der Waals surface area contributed by atoms with E-state index >= 15 is 0 Å². The fraction of sp³-hybridized carbons (Fsp3) is 0.500. The van der Waals surface area contributed by atoms with E-state index in [0.29, 0.717) is 28.3 Å². The lowest BCUT2D eigenvalue weighted by molar-refractivity contribution is 0.304. The van der Waals surface area contributed by atoms with Gasteiger partial charge in [0.2, 0.25) is 5.65 Å². The topological polar surface area (TPSA) is 45.4 Å². The first kappa shape index (κ1) is 10.6. The number of nitrogens with zero attached hydrogens (tertiary/aromatic N) is 4. The zero-order valence-electron chi connectivity index (χ0n) is 9.84. The highest BCUT2D eigenvalue weighted by atomic mass is 35.5. The Hall–Kier alpha value is -1.33. The molecule has 2 atom stereocenters. The van der Waals surface area contributed by atoms with Gasteiger partial charge in [-0.25, -0.2) is 4.98 Å². The lowest BCUT2D eigenvalue weighted by Crippen LogP contribution is -2.46. The standard InChI is InChI=1S/C12H13ClN4O/c13-8-5-10-11(14-6-8)15-12(18-10)17-4-3-16-2-1-9(17)7-16/h5-6,9H,1-4,7H2/t9-/m1/s1. The first-order chi connectivity index (χ1) is 8.79. The lowest BCUT2D eigenvalue weighted by Gasteiger charge is -2.32. The summed E-state index contributed by atoms with van der Waals surface area (Å²) in [6.07, 6.45) is 2.79. The van der Waals surface area contributed by atoms with Crippen LogP contribution in [-0.4, -0.2) is 47.1 Å². The third-order valence-corrected chi connectivity index (χ3v) is 4.00. The van der Waals surface area contributed by atoms with Crippen molar-refractivity contribution in [2.75, 3.05) is 31.1 Å². The number of halogens is 1. The minimum Gasteiger partial charge on any atom is -0.422 e. The maximum Gasteiger partial charge on any atom is 0.300 e. The van der Waals surface area contributed by atoms with E-state index in [1.165, 1.54) is 13.0 Å². The molecule has 0 saturated carbocycles. The third-order valence-electron chi connectivity index (χ3n) is 3.79. The maximum absolute atomic E-state index is 5.91. The summed E-state index contributed by atoms with van der Waals surface area (Å²) in [6.45, 7) is 4.37. The molecule has 1 unspecified atom stereocenters. The van der Waals surface area contributed by atoms with Gasteiger partial charge in [0, 0.05) is 44.5 Å². The Kier molecular flexibility index (Phi) is 2.25. The highest BCUT2D eigenvalue weighted by molar-refractivity contribution is 6.30. The molecule has 94 valence electrons. The molecule has 2 aliphatic heterocycles. The molecule has 4 rings (SSSR count). The van der Waals surface area contributed by atoms with E-state index in [0.717, 1.165) is 19.6 Å². The Balaban J connectivity index is 1.73. The van der Waals surface area contributed by atoms with Gasteiger partial charge in [-0.05, 0) is 6.42 Å². The zero-order chi connectivity index (χ0) is 12.1. The molecule has 2 saturated heterocycles. The van der Waals surface area contributed by atoms with E-state index in [2.05, 4.69) is 19.8 Å². The van der Waals surface area contributed by atoms with Crippen LogP contribution in [-0.2, 0) is 0 Å².